The average Bonchev–Trinajstić information content (AvgIpc) is 2.04. The molecule has 0 spiro atoms. The van der Waals surface area contributed by atoms with Gasteiger partial charge >= 0.3 is 0 Å². The van der Waals surface area contributed by atoms with Gasteiger partial charge in [0.2, 0.25) is 5.75 Å². The van der Waals surface area contributed by atoms with E-state index in [0.29, 0.717) is 0 Å². The summed E-state index contributed by atoms with van der Waals surface area (Å²) in [4.78, 5) is 17.0. The van der Waals surface area contributed by atoms with Crippen molar-refractivity contribution in [3.8, 4) is 5.75 Å². The molecular weight excluding hydrogens is 182 g/mol. The smallest absolute Gasteiger partial charge is 0.293 e. The Labute approximate surface area is 72.9 Å². The Kier molecular flexibility index (Phi) is 2.44. The molecule has 0 saturated carbocycles. The number of aromatic nitrogens is 2. The highest BCUT2D eigenvalue weighted by atomic mass is 35.5. The van der Waals surface area contributed by atoms with Crippen molar-refractivity contribution in [1.29, 1.82) is 5.41 Å². The van der Waals surface area contributed by atoms with Crippen LogP contribution in [0.25, 0.3) is 0 Å². The van der Waals surface area contributed by atoms with Crippen LogP contribution in [0.3, 0.4) is 0 Å². The molecule has 0 bridgehead atoms. The van der Waals surface area contributed by atoms with Gasteiger partial charge in [-0.25, -0.2) is 4.98 Å². The van der Waals surface area contributed by atoms with Crippen molar-refractivity contribution in [3.05, 3.63) is 22.4 Å². The Hall–Kier alpha value is -1.36. The third-order valence-corrected chi connectivity index (χ3v) is 1.37. The van der Waals surface area contributed by atoms with Crippen molar-refractivity contribution < 1.29 is 4.74 Å². The first-order valence-corrected chi connectivity index (χ1v) is 3.40. The second-order valence-electron chi connectivity index (χ2n) is 1.94. The van der Waals surface area contributed by atoms with E-state index in [0.717, 1.165) is 0 Å². The van der Waals surface area contributed by atoms with Gasteiger partial charge in [0.05, 0.1) is 13.3 Å². The van der Waals surface area contributed by atoms with E-state index in [9.17, 15) is 4.79 Å². The van der Waals surface area contributed by atoms with Crippen LogP contribution in [0.4, 0.5) is 0 Å². The van der Waals surface area contributed by atoms with Gasteiger partial charge in [0, 0.05) is 0 Å². The summed E-state index contributed by atoms with van der Waals surface area (Å²) < 4.78 is 4.66. The van der Waals surface area contributed by atoms with Crippen LogP contribution >= 0.6 is 11.6 Å². The minimum Gasteiger partial charge on any atom is -0.490 e. The molecule has 1 rings (SSSR count). The van der Waals surface area contributed by atoms with Gasteiger partial charge < -0.3 is 9.72 Å². The maximum absolute atomic E-state index is 11.0. The van der Waals surface area contributed by atoms with Gasteiger partial charge in [-0.15, -0.1) is 0 Å². The van der Waals surface area contributed by atoms with Gasteiger partial charge in [-0.2, -0.15) is 0 Å². The Morgan fingerprint density at radius 2 is 2.50 bits per heavy atom. The molecular formula is C6H6ClN3O2. The number of H-pyrrole nitrogens is 1. The average molecular weight is 188 g/mol. The van der Waals surface area contributed by atoms with Crippen LogP contribution in [0.5, 0.6) is 5.75 Å². The second-order valence-corrected chi connectivity index (χ2v) is 2.32. The zero-order valence-electron chi connectivity index (χ0n) is 6.22. The lowest BCUT2D eigenvalue weighted by atomic mass is 10.5. The lowest BCUT2D eigenvalue weighted by Crippen LogP contribution is -2.14. The Balaban J connectivity index is 3.19. The molecule has 6 heteroatoms. The lowest BCUT2D eigenvalue weighted by molar-refractivity contribution is 0.406. The summed E-state index contributed by atoms with van der Waals surface area (Å²) in [6.07, 6.45) is 1.21. The molecule has 0 atom stereocenters. The number of nitrogens with one attached hydrogen (secondary N) is 2. The van der Waals surface area contributed by atoms with Gasteiger partial charge in [-0.05, 0) is 0 Å². The van der Waals surface area contributed by atoms with E-state index in [-0.39, 0.29) is 16.7 Å². The first-order chi connectivity index (χ1) is 5.65. The molecule has 0 aliphatic heterocycles. The summed E-state index contributed by atoms with van der Waals surface area (Å²) in [5, 5.41) is 6.64. The van der Waals surface area contributed by atoms with Crippen LogP contribution in [-0.4, -0.2) is 22.2 Å². The number of halogens is 1. The number of rotatable bonds is 2. The van der Waals surface area contributed by atoms with Crippen LogP contribution < -0.4 is 10.3 Å². The molecule has 5 nitrogen and oxygen atoms in total. The molecule has 0 aliphatic carbocycles. The van der Waals surface area contributed by atoms with Crippen LogP contribution in [-0.2, 0) is 0 Å². The first-order valence-electron chi connectivity index (χ1n) is 3.03. The van der Waals surface area contributed by atoms with Crippen molar-refractivity contribution in [3.63, 3.8) is 0 Å². The third-order valence-electron chi connectivity index (χ3n) is 1.19. The molecule has 1 heterocycles. The van der Waals surface area contributed by atoms with Crippen LogP contribution in [0.2, 0.25) is 0 Å². The highest BCUT2D eigenvalue weighted by Crippen LogP contribution is 1.99. The molecule has 0 amide bonds. The van der Waals surface area contributed by atoms with E-state index < -0.39 is 5.56 Å². The van der Waals surface area contributed by atoms with E-state index in [1.54, 1.807) is 0 Å². The predicted molar refractivity (Wildman–Crippen MR) is 44.1 cm³/mol. The van der Waals surface area contributed by atoms with Crippen molar-refractivity contribution in [2.24, 2.45) is 0 Å². The Morgan fingerprint density at radius 1 is 1.83 bits per heavy atom. The quantitative estimate of drug-likeness (QED) is 0.656. The molecule has 1 aromatic rings. The van der Waals surface area contributed by atoms with E-state index in [1.807, 2.05) is 0 Å². The molecule has 0 fully saturated rings. The number of ether oxygens (including phenoxy) is 1. The summed E-state index contributed by atoms with van der Waals surface area (Å²) in [5.41, 5.74) is -0.451. The van der Waals surface area contributed by atoms with Crippen LogP contribution in [0.15, 0.2) is 11.0 Å². The predicted octanol–water partition coefficient (Wildman–Crippen LogP) is 0.343. The monoisotopic (exact) mass is 187 g/mol. The van der Waals surface area contributed by atoms with E-state index in [4.69, 9.17) is 17.0 Å². The zero-order chi connectivity index (χ0) is 9.14. The van der Waals surface area contributed by atoms with Gasteiger partial charge in [0.1, 0.15) is 0 Å². The number of hydrogen-bond donors (Lipinski definition) is 2. The summed E-state index contributed by atoms with van der Waals surface area (Å²) in [6.45, 7) is 0. The highest BCUT2D eigenvalue weighted by molar-refractivity contribution is 6.68. The lowest BCUT2D eigenvalue weighted by Gasteiger charge is -1.98. The van der Waals surface area contributed by atoms with Gasteiger partial charge in [-0.1, -0.05) is 11.6 Å². The molecule has 0 radical (unpaired) electrons. The Bertz CT molecular complexity index is 360. The molecule has 64 valence electrons. The number of hydrogen-bond acceptors (Lipinski definition) is 4. The van der Waals surface area contributed by atoms with Crippen molar-refractivity contribution in [2.75, 3.05) is 7.11 Å². The molecule has 0 aliphatic rings. The normalized spacial score (nSPS) is 9.50. The SMILES string of the molecule is COc1cnc(C(=N)Cl)[nH]c1=O. The van der Waals surface area contributed by atoms with Crippen molar-refractivity contribution in [2.45, 2.75) is 0 Å². The molecule has 0 aromatic carbocycles. The first kappa shape index (κ1) is 8.73. The minimum atomic E-state index is -0.451. The highest BCUT2D eigenvalue weighted by Gasteiger charge is 2.03. The topological polar surface area (TPSA) is 78.8 Å². The van der Waals surface area contributed by atoms with Gasteiger partial charge in [0.25, 0.3) is 5.56 Å². The van der Waals surface area contributed by atoms with E-state index in [2.05, 4.69) is 14.7 Å². The minimum absolute atomic E-state index is 0.0301. The van der Waals surface area contributed by atoms with Crippen molar-refractivity contribution >= 4 is 16.8 Å². The van der Waals surface area contributed by atoms with E-state index in [1.165, 1.54) is 13.3 Å². The zero-order valence-corrected chi connectivity index (χ0v) is 6.97. The third kappa shape index (κ3) is 1.62. The van der Waals surface area contributed by atoms with E-state index >= 15 is 0 Å². The maximum atomic E-state index is 11.0. The fraction of sp³-hybridized carbons (Fsp3) is 0.167. The number of methoxy groups -OCH3 is 1. The molecule has 0 unspecified atom stereocenters. The molecule has 1 aromatic heterocycles. The van der Waals surface area contributed by atoms with Crippen LogP contribution in [0.1, 0.15) is 5.82 Å². The number of aromatic amines is 1. The molecule has 2 N–H and O–H groups in total. The summed E-state index contributed by atoms with van der Waals surface area (Å²) in [6, 6.07) is 0. The summed E-state index contributed by atoms with van der Waals surface area (Å²) >= 11 is 5.28. The van der Waals surface area contributed by atoms with Gasteiger partial charge in [0.15, 0.2) is 11.0 Å². The largest absolute Gasteiger partial charge is 0.490 e. The number of nitrogens with zero attached hydrogens (tertiary/aromatic N) is 1. The standard InChI is InChI=1S/C6H6ClN3O2/c1-12-3-2-9-5(4(7)8)10-6(3)11/h2,8H,1H3,(H,9,10,11). The summed E-state index contributed by atoms with van der Waals surface area (Å²) in [7, 11) is 1.36. The van der Waals surface area contributed by atoms with Crippen molar-refractivity contribution in [1.82, 2.24) is 9.97 Å². The molecule has 12 heavy (non-hydrogen) atoms. The maximum Gasteiger partial charge on any atom is 0.293 e. The second kappa shape index (κ2) is 3.36. The Morgan fingerprint density at radius 3 is 2.92 bits per heavy atom. The fourth-order valence-corrected chi connectivity index (χ4v) is 0.736. The molecule has 0 saturated heterocycles. The fourth-order valence-electron chi connectivity index (χ4n) is 0.640. The summed E-state index contributed by atoms with van der Waals surface area (Å²) in [5.74, 6) is 0.124. The van der Waals surface area contributed by atoms with Crippen LogP contribution in [0, 0.1) is 5.41 Å². The van der Waals surface area contributed by atoms with Gasteiger partial charge in [-0.3, -0.25) is 10.2 Å².